The third-order valence-electron chi connectivity index (χ3n) is 2.23. The number of hydrogen-bond acceptors (Lipinski definition) is 4. The number of nitrogens with zero attached hydrogens (tertiary/aromatic N) is 2. The fraction of sp³-hybridized carbons (Fsp3) is 0.417. The average molecular weight is 236 g/mol. The fourth-order valence-electron chi connectivity index (χ4n) is 1.32. The van der Waals surface area contributed by atoms with E-state index in [9.17, 15) is 4.79 Å². The Hall–Kier alpha value is -1.91. The number of carbonyl (C=O) groups is 1. The van der Waals surface area contributed by atoms with E-state index in [1.165, 1.54) is 7.11 Å². The molecule has 5 heteroatoms. The Morgan fingerprint density at radius 2 is 2.12 bits per heavy atom. The maximum atomic E-state index is 10.4. The lowest BCUT2D eigenvalue weighted by Gasteiger charge is -2.03. The van der Waals surface area contributed by atoms with Gasteiger partial charge >= 0.3 is 5.97 Å². The Morgan fingerprint density at radius 3 is 2.71 bits per heavy atom. The number of rotatable bonds is 6. The van der Waals surface area contributed by atoms with Crippen LogP contribution in [0, 0.1) is 0 Å². The Bertz CT molecular complexity index is 377. The standard InChI is InChI=1S/C12H16N2O3/c1-17-11(2-3-12(15)16)14-9-6-10-4-7-13-8-5-10/h4-5,7-8H,2-3,6,9H2,1H3,(H,15,16). The number of carboxylic acid groups (broad SMARTS) is 1. The van der Waals surface area contributed by atoms with Crippen LogP contribution < -0.4 is 0 Å². The van der Waals surface area contributed by atoms with Crippen LogP contribution in [-0.2, 0) is 16.0 Å². The van der Waals surface area contributed by atoms with E-state index >= 15 is 0 Å². The molecule has 1 aromatic heterocycles. The minimum absolute atomic E-state index is 0.0436. The average Bonchev–Trinajstić information content (AvgIpc) is 2.34. The highest BCUT2D eigenvalue weighted by atomic mass is 16.5. The van der Waals surface area contributed by atoms with Crippen molar-refractivity contribution in [3.63, 3.8) is 0 Å². The molecule has 0 fully saturated rings. The minimum Gasteiger partial charge on any atom is -0.484 e. The van der Waals surface area contributed by atoms with Crippen LogP contribution >= 0.6 is 0 Å². The zero-order chi connectivity index (χ0) is 12.5. The van der Waals surface area contributed by atoms with E-state index in [1.807, 2.05) is 12.1 Å². The predicted molar refractivity (Wildman–Crippen MR) is 64.1 cm³/mol. The molecule has 0 aliphatic heterocycles. The number of aliphatic imine (C=N–C) groups is 1. The van der Waals surface area contributed by atoms with E-state index in [2.05, 4.69) is 9.98 Å². The van der Waals surface area contributed by atoms with Crippen molar-refractivity contribution in [1.29, 1.82) is 0 Å². The molecule has 92 valence electrons. The molecule has 0 aliphatic rings. The number of aromatic nitrogens is 1. The van der Waals surface area contributed by atoms with Crippen LogP contribution in [0.25, 0.3) is 0 Å². The highest BCUT2D eigenvalue weighted by Gasteiger charge is 2.03. The first-order valence-electron chi connectivity index (χ1n) is 5.40. The third-order valence-corrected chi connectivity index (χ3v) is 2.23. The second-order valence-corrected chi connectivity index (χ2v) is 3.48. The van der Waals surface area contributed by atoms with Crippen LogP contribution in [0.5, 0.6) is 0 Å². The van der Waals surface area contributed by atoms with Gasteiger partial charge in [-0.3, -0.25) is 14.8 Å². The summed E-state index contributed by atoms with van der Waals surface area (Å²) in [5.74, 6) is -0.356. The normalized spacial score (nSPS) is 11.2. The molecular weight excluding hydrogens is 220 g/mol. The lowest BCUT2D eigenvalue weighted by Crippen LogP contribution is -2.07. The zero-order valence-electron chi connectivity index (χ0n) is 9.80. The van der Waals surface area contributed by atoms with Gasteiger partial charge in [0.15, 0.2) is 5.90 Å². The molecule has 17 heavy (non-hydrogen) atoms. The molecule has 5 nitrogen and oxygen atoms in total. The molecule has 0 atom stereocenters. The molecule has 0 bridgehead atoms. The van der Waals surface area contributed by atoms with E-state index in [4.69, 9.17) is 9.84 Å². The van der Waals surface area contributed by atoms with Gasteiger partial charge in [-0.1, -0.05) is 0 Å². The molecule has 0 saturated carbocycles. The van der Waals surface area contributed by atoms with Crippen LogP contribution in [0.2, 0.25) is 0 Å². The maximum absolute atomic E-state index is 10.4. The van der Waals surface area contributed by atoms with Gasteiger partial charge in [0.2, 0.25) is 0 Å². The summed E-state index contributed by atoms with van der Waals surface area (Å²) in [5.41, 5.74) is 1.15. The largest absolute Gasteiger partial charge is 0.484 e. The van der Waals surface area contributed by atoms with Gasteiger partial charge in [0.05, 0.1) is 13.5 Å². The van der Waals surface area contributed by atoms with Gasteiger partial charge in [-0.2, -0.15) is 0 Å². The summed E-state index contributed by atoms with van der Waals surface area (Å²) < 4.78 is 5.01. The quantitative estimate of drug-likeness (QED) is 0.600. The highest BCUT2D eigenvalue weighted by Crippen LogP contribution is 2.00. The maximum Gasteiger partial charge on any atom is 0.303 e. The Balaban J connectivity index is 2.37. The molecule has 0 saturated heterocycles. The summed E-state index contributed by atoms with van der Waals surface area (Å²) in [5, 5.41) is 8.54. The first-order valence-corrected chi connectivity index (χ1v) is 5.40. The number of methoxy groups -OCH3 is 1. The van der Waals surface area contributed by atoms with Gasteiger partial charge in [0.25, 0.3) is 0 Å². The predicted octanol–water partition coefficient (Wildman–Crippen LogP) is 1.53. The van der Waals surface area contributed by atoms with Crippen LogP contribution in [0.3, 0.4) is 0 Å². The Kier molecular flexibility index (Phi) is 5.71. The van der Waals surface area contributed by atoms with Crippen molar-refractivity contribution < 1.29 is 14.6 Å². The van der Waals surface area contributed by atoms with Crippen molar-refractivity contribution in [2.75, 3.05) is 13.7 Å². The van der Waals surface area contributed by atoms with Crippen LogP contribution in [-0.4, -0.2) is 35.6 Å². The first-order chi connectivity index (χ1) is 8.22. The summed E-state index contributed by atoms with van der Waals surface area (Å²) in [6, 6.07) is 3.86. The lowest BCUT2D eigenvalue weighted by molar-refractivity contribution is -0.136. The number of ether oxygens (including phenoxy) is 1. The van der Waals surface area contributed by atoms with Crippen molar-refractivity contribution >= 4 is 11.9 Å². The van der Waals surface area contributed by atoms with Gasteiger partial charge in [-0.15, -0.1) is 0 Å². The molecule has 1 N–H and O–H groups in total. The molecular formula is C12H16N2O3. The summed E-state index contributed by atoms with van der Waals surface area (Å²) in [6.07, 6.45) is 4.65. The molecule has 0 aromatic carbocycles. The van der Waals surface area contributed by atoms with Gasteiger partial charge in [-0.25, -0.2) is 0 Å². The Morgan fingerprint density at radius 1 is 1.41 bits per heavy atom. The van der Waals surface area contributed by atoms with E-state index in [-0.39, 0.29) is 6.42 Å². The van der Waals surface area contributed by atoms with E-state index in [1.54, 1.807) is 12.4 Å². The van der Waals surface area contributed by atoms with Crippen LogP contribution in [0.1, 0.15) is 18.4 Å². The SMILES string of the molecule is COC(CCC(=O)O)=NCCc1ccncc1. The molecule has 0 radical (unpaired) electrons. The van der Waals surface area contributed by atoms with E-state index in [0.717, 1.165) is 12.0 Å². The summed E-state index contributed by atoms with van der Waals surface area (Å²) in [4.78, 5) is 18.5. The molecule has 0 spiro atoms. The summed E-state index contributed by atoms with van der Waals surface area (Å²) in [6.45, 7) is 0.590. The van der Waals surface area contributed by atoms with Crippen molar-refractivity contribution in [2.45, 2.75) is 19.3 Å². The van der Waals surface area contributed by atoms with Crippen LogP contribution in [0.15, 0.2) is 29.5 Å². The van der Waals surface area contributed by atoms with Gasteiger partial charge in [0.1, 0.15) is 0 Å². The highest BCUT2D eigenvalue weighted by molar-refractivity contribution is 5.80. The lowest BCUT2D eigenvalue weighted by atomic mass is 10.2. The number of carboxylic acids is 1. The summed E-state index contributed by atoms with van der Waals surface area (Å²) >= 11 is 0. The van der Waals surface area contributed by atoms with E-state index < -0.39 is 5.97 Å². The molecule has 1 aromatic rings. The van der Waals surface area contributed by atoms with Crippen molar-refractivity contribution in [3.05, 3.63) is 30.1 Å². The van der Waals surface area contributed by atoms with Crippen molar-refractivity contribution in [3.8, 4) is 0 Å². The number of hydrogen-bond donors (Lipinski definition) is 1. The van der Waals surface area contributed by atoms with E-state index in [0.29, 0.717) is 18.9 Å². The third kappa shape index (κ3) is 5.65. The van der Waals surface area contributed by atoms with Crippen LogP contribution in [0.4, 0.5) is 0 Å². The second-order valence-electron chi connectivity index (χ2n) is 3.48. The fourth-order valence-corrected chi connectivity index (χ4v) is 1.32. The molecule has 0 amide bonds. The molecule has 0 aliphatic carbocycles. The van der Waals surface area contributed by atoms with Gasteiger partial charge in [0, 0.05) is 25.4 Å². The first kappa shape index (κ1) is 13.2. The zero-order valence-corrected chi connectivity index (χ0v) is 9.80. The number of aliphatic carboxylic acids is 1. The molecule has 1 rings (SSSR count). The number of pyridine rings is 1. The molecule has 1 heterocycles. The van der Waals surface area contributed by atoms with Crippen molar-refractivity contribution in [2.24, 2.45) is 4.99 Å². The topological polar surface area (TPSA) is 71.8 Å². The monoisotopic (exact) mass is 236 g/mol. The summed E-state index contributed by atoms with van der Waals surface area (Å²) in [7, 11) is 1.51. The van der Waals surface area contributed by atoms with Crippen molar-refractivity contribution in [1.82, 2.24) is 4.98 Å². The Labute approximate surface area is 100 Å². The molecule has 0 unspecified atom stereocenters. The van der Waals surface area contributed by atoms with Gasteiger partial charge < -0.3 is 9.84 Å². The minimum atomic E-state index is -0.844. The smallest absolute Gasteiger partial charge is 0.303 e. The second kappa shape index (κ2) is 7.38. The van der Waals surface area contributed by atoms with Gasteiger partial charge in [-0.05, 0) is 24.1 Å².